The van der Waals surface area contributed by atoms with Crippen molar-refractivity contribution in [3.05, 3.63) is 0 Å². The average Bonchev–Trinajstić information content (AvgIpc) is 2.39. The first-order valence-electron chi connectivity index (χ1n) is 6.34. The third-order valence-electron chi connectivity index (χ3n) is 2.32. The average molecular weight is 264 g/mol. The molecule has 1 rings (SSSR count). The summed E-state index contributed by atoms with van der Waals surface area (Å²) in [6.45, 7) is 7.45. The normalized spacial score (nSPS) is 11.5. The molecule has 0 aliphatic heterocycles. The molecule has 0 aromatic carbocycles. The minimum Gasteiger partial charge on any atom is -0.464 e. The zero-order chi connectivity index (χ0) is 14.3. The Labute approximate surface area is 113 Å². The van der Waals surface area contributed by atoms with Gasteiger partial charge in [0, 0.05) is 20.1 Å². The molecule has 0 aliphatic rings. The lowest BCUT2D eigenvalue weighted by Crippen LogP contribution is -2.26. The van der Waals surface area contributed by atoms with Gasteiger partial charge in [0.1, 0.15) is 0 Å². The number of anilines is 2. The Morgan fingerprint density at radius 2 is 2.11 bits per heavy atom. The fraction of sp³-hybridized carbons (Fsp3) is 0.667. The predicted octanol–water partition coefficient (Wildman–Crippen LogP) is 1.30. The van der Waals surface area contributed by atoms with E-state index >= 15 is 0 Å². The Morgan fingerprint density at radius 3 is 2.68 bits per heavy atom. The van der Waals surface area contributed by atoms with Crippen LogP contribution in [0.2, 0.25) is 0 Å². The summed E-state index contributed by atoms with van der Waals surface area (Å²) >= 11 is 0. The van der Waals surface area contributed by atoms with E-state index in [4.69, 9.17) is 10.00 Å². The van der Waals surface area contributed by atoms with E-state index in [0.29, 0.717) is 37.6 Å². The summed E-state index contributed by atoms with van der Waals surface area (Å²) in [4.78, 5) is 14.5. The van der Waals surface area contributed by atoms with E-state index in [2.05, 4.69) is 26.3 Å². The summed E-state index contributed by atoms with van der Waals surface area (Å²) < 4.78 is 5.32. The lowest BCUT2D eigenvalue weighted by atomic mass is 10.2. The molecule has 1 atom stereocenters. The largest absolute Gasteiger partial charge is 0.464 e. The molecule has 0 spiro atoms. The van der Waals surface area contributed by atoms with Crippen molar-refractivity contribution in [1.82, 2.24) is 15.0 Å². The van der Waals surface area contributed by atoms with Crippen LogP contribution in [0, 0.1) is 17.2 Å². The maximum Gasteiger partial charge on any atom is 0.323 e. The monoisotopic (exact) mass is 264 g/mol. The van der Waals surface area contributed by atoms with Crippen LogP contribution in [-0.4, -0.2) is 41.7 Å². The number of hydrogen-bond acceptors (Lipinski definition) is 7. The van der Waals surface area contributed by atoms with Gasteiger partial charge in [0.2, 0.25) is 11.9 Å². The van der Waals surface area contributed by atoms with Crippen LogP contribution in [0.15, 0.2) is 0 Å². The molecule has 0 amide bonds. The van der Waals surface area contributed by atoms with Crippen LogP contribution in [0.4, 0.5) is 11.9 Å². The van der Waals surface area contributed by atoms with Gasteiger partial charge in [0.15, 0.2) is 0 Å². The Morgan fingerprint density at radius 1 is 1.37 bits per heavy atom. The predicted molar refractivity (Wildman–Crippen MR) is 73.2 cm³/mol. The van der Waals surface area contributed by atoms with Gasteiger partial charge in [-0.15, -0.1) is 0 Å². The molecule has 0 fully saturated rings. The molecular weight excluding hydrogens is 244 g/mol. The molecule has 104 valence electrons. The molecule has 7 nitrogen and oxygen atoms in total. The van der Waals surface area contributed by atoms with Crippen LogP contribution in [0.5, 0.6) is 6.01 Å². The first-order valence-corrected chi connectivity index (χ1v) is 6.34. The highest BCUT2D eigenvalue weighted by molar-refractivity contribution is 5.37. The minimum atomic E-state index is -0.0973. The minimum absolute atomic E-state index is 0.0973. The van der Waals surface area contributed by atoms with Crippen molar-refractivity contribution in [2.45, 2.75) is 20.8 Å². The molecule has 7 heteroatoms. The molecule has 1 heterocycles. The molecule has 1 unspecified atom stereocenters. The molecule has 0 radical (unpaired) electrons. The molecule has 1 N–H and O–H groups in total. The summed E-state index contributed by atoms with van der Waals surface area (Å²) in [6, 6.07) is 2.48. The smallest absolute Gasteiger partial charge is 0.323 e. The van der Waals surface area contributed by atoms with Crippen molar-refractivity contribution in [3.63, 3.8) is 0 Å². The van der Waals surface area contributed by atoms with Crippen molar-refractivity contribution in [2.75, 3.05) is 37.0 Å². The standard InChI is InChI=1S/C12H20N6O/c1-5-14-10-15-11(17-12(16-10)19-6-2)18(4)8-9(3)7-13/h9H,5-6,8H2,1-4H3,(H,14,15,16,17). The highest BCUT2D eigenvalue weighted by atomic mass is 16.5. The molecule has 19 heavy (non-hydrogen) atoms. The van der Waals surface area contributed by atoms with Crippen LogP contribution in [0.1, 0.15) is 20.8 Å². The summed E-state index contributed by atoms with van der Waals surface area (Å²) in [6.07, 6.45) is 0. The van der Waals surface area contributed by atoms with Gasteiger partial charge in [0.25, 0.3) is 0 Å². The van der Waals surface area contributed by atoms with Crippen LogP contribution in [0.25, 0.3) is 0 Å². The number of hydrogen-bond donors (Lipinski definition) is 1. The third kappa shape index (κ3) is 4.58. The fourth-order valence-corrected chi connectivity index (χ4v) is 1.48. The van der Waals surface area contributed by atoms with Crippen LogP contribution in [-0.2, 0) is 0 Å². The Balaban J connectivity index is 2.94. The summed E-state index contributed by atoms with van der Waals surface area (Å²) in [5.74, 6) is 0.879. The van der Waals surface area contributed by atoms with E-state index in [-0.39, 0.29) is 5.92 Å². The molecule has 1 aromatic rings. The van der Waals surface area contributed by atoms with E-state index in [9.17, 15) is 0 Å². The molecule has 0 saturated carbocycles. The highest BCUT2D eigenvalue weighted by Crippen LogP contribution is 2.15. The van der Waals surface area contributed by atoms with Crippen molar-refractivity contribution in [1.29, 1.82) is 5.26 Å². The summed E-state index contributed by atoms with van der Waals surface area (Å²) in [5, 5.41) is 11.9. The van der Waals surface area contributed by atoms with Gasteiger partial charge in [-0.25, -0.2) is 0 Å². The second kappa shape index (κ2) is 7.36. The van der Waals surface area contributed by atoms with Gasteiger partial charge in [-0.1, -0.05) is 0 Å². The zero-order valence-corrected chi connectivity index (χ0v) is 11.8. The Kier molecular flexibility index (Phi) is 5.79. The van der Waals surface area contributed by atoms with Gasteiger partial charge in [-0.2, -0.15) is 20.2 Å². The molecular formula is C12H20N6O. The first-order chi connectivity index (χ1) is 9.10. The third-order valence-corrected chi connectivity index (χ3v) is 2.32. The lowest BCUT2D eigenvalue weighted by molar-refractivity contribution is 0.312. The second-order valence-electron chi connectivity index (χ2n) is 4.12. The zero-order valence-electron chi connectivity index (χ0n) is 11.8. The number of rotatable bonds is 7. The van der Waals surface area contributed by atoms with E-state index in [1.807, 2.05) is 32.7 Å². The highest BCUT2D eigenvalue weighted by Gasteiger charge is 2.13. The van der Waals surface area contributed by atoms with Gasteiger partial charge < -0.3 is 15.0 Å². The van der Waals surface area contributed by atoms with Crippen LogP contribution >= 0.6 is 0 Å². The van der Waals surface area contributed by atoms with Gasteiger partial charge >= 0.3 is 6.01 Å². The van der Waals surface area contributed by atoms with Gasteiger partial charge in [0.05, 0.1) is 18.6 Å². The van der Waals surface area contributed by atoms with E-state index in [0.717, 1.165) is 0 Å². The van der Waals surface area contributed by atoms with Crippen LogP contribution in [0.3, 0.4) is 0 Å². The quantitative estimate of drug-likeness (QED) is 0.794. The molecule has 1 aromatic heterocycles. The van der Waals surface area contributed by atoms with E-state index in [1.54, 1.807) is 0 Å². The number of nitrogens with zero attached hydrogens (tertiary/aromatic N) is 5. The van der Waals surface area contributed by atoms with Crippen molar-refractivity contribution >= 4 is 11.9 Å². The Bertz CT molecular complexity index is 420. The van der Waals surface area contributed by atoms with E-state index in [1.165, 1.54) is 0 Å². The second-order valence-corrected chi connectivity index (χ2v) is 4.12. The van der Waals surface area contributed by atoms with Crippen molar-refractivity contribution < 1.29 is 4.74 Å². The van der Waals surface area contributed by atoms with E-state index < -0.39 is 0 Å². The summed E-state index contributed by atoms with van der Waals surface area (Å²) in [5.41, 5.74) is 0. The molecule has 0 bridgehead atoms. The number of nitriles is 1. The maximum absolute atomic E-state index is 8.84. The van der Waals surface area contributed by atoms with Crippen molar-refractivity contribution in [2.24, 2.45) is 5.92 Å². The Hall–Kier alpha value is -2.10. The first kappa shape index (κ1) is 15.0. The van der Waals surface area contributed by atoms with Gasteiger partial charge in [-0.05, 0) is 20.8 Å². The number of ether oxygens (including phenoxy) is 1. The fourth-order valence-electron chi connectivity index (χ4n) is 1.48. The molecule has 0 saturated heterocycles. The van der Waals surface area contributed by atoms with Crippen LogP contribution < -0.4 is 15.0 Å². The number of nitrogens with one attached hydrogen (secondary N) is 1. The lowest BCUT2D eigenvalue weighted by Gasteiger charge is -2.19. The van der Waals surface area contributed by atoms with Crippen molar-refractivity contribution in [3.8, 4) is 12.1 Å². The molecule has 0 aliphatic carbocycles. The van der Waals surface area contributed by atoms with Gasteiger partial charge in [-0.3, -0.25) is 0 Å². The topological polar surface area (TPSA) is 87.0 Å². The summed E-state index contributed by atoms with van der Waals surface area (Å²) in [7, 11) is 1.84. The SMILES string of the molecule is CCNc1nc(OCC)nc(N(C)CC(C)C#N)n1. The maximum atomic E-state index is 8.84. The number of aromatic nitrogens is 3.